The molecule has 0 saturated carbocycles. The summed E-state index contributed by atoms with van der Waals surface area (Å²) in [6.07, 6.45) is 10.7. The molecule has 20 heavy (non-hydrogen) atoms. The number of ether oxygens (including phenoxy) is 1. The Hall–Kier alpha value is -1.18. The van der Waals surface area contributed by atoms with Crippen molar-refractivity contribution in [3.05, 3.63) is 24.3 Å². The van der Waals surface area contributed by atoms with E-state index in [1.54, 1.807) is 0 Å². The van der Waals surface area contributed by atoms with Gasteiger partial charge in [0.25, 0.3) is 0 Å². The van der Waals surface area contributed by atoms with Crippen molar-refractivity contribution in [2.45, 2.75) is 58.3 Å². The van der Waals surface area contributed by atoms with Crippen LogP contribution in [0.2, 0.25) is 0 Å². The van der Waals surface area contributed by atoms with E-state index >= 15 is 0 Å². The maximum atomic E-state index is 5.94. The molecule has 0 amide bonds. The molecule has 2 heteroatoms. The second-order valence-corrected chi connectivity index (χ2v) is 6.09. The average Bonchev–Trinajstić information content (AvgIpc) is 2.48. The number of hydrogen-bond donors (Lipinski definition) is 1. The van der Waals surface area contributed by atoms with Crippen molar-refractivity contribution in [2.75, 3.05) is 18.5 Å². The highest BCUT2D eigenvalue weighted by Gasteiger charge is 2.06. The summed E-state index contributed by atoms with van der Waals surface area (Å²) in [5, 5.41) is 3.56. The smallest absolute Gasteiger partial charge is 0.142 e. The van der Waals surface area contributed by atoms with E-state index in [2.05, 4.69) is 36.5 Å². The van der Waals surface area contributed by atoms with Crippen LogP contribution in [0.3, 0.4) is 0 Å². The van der Waals surface area contributed by atoms with E-state index in [0.717, 1.165) is 30.5 Å². The third-order valence-electron chi connectivity index (χ3n) is 4.13. The van der Waals surface area contributed by atoms with Gasteiger partial charge < -0.3 is 10.1 Å². The van der Waals surface area contributed by atoms with Gasteiger partial charge in [-0.3, -0.25) is 0 Å². The van der Waals surface area contributed by atoms with Crippen molar-refractivity contribution in [1.82, 2.24) is 0 Å². The topological polar surface area (TPSA) is 21.3 Å². The zero-order valence-electron chi connectivity index (χ0n) is 12.9. The zero-order chi connectivity index (χ0) is 14.0. The molecule has 1 unspecified atom stereocenters. The molecule has 0 aliphatic carbocycles. The van der Waals surface area contributed by atoms with Crippen LogP contribution in [-0.2, 0) is 0 Å². The van der Waals surface area contributed by atoms with Gasteiger partial charge in [0.1, 0.15) is 5.75 Å². The molecule has 0 aromatic heterocycles. The van der Waals surface area contributed by atoms with Crippen LogP contribution in [0.1, 0.15) is 58.3 Å². The summed E-state index contributed by atoms with van der Waals surface area (Å²) in [5.74, 6) is 1.74. The molecular formula is C18H29NO. The third kappa shape index (κ3) is 5.44. The quantitative estimate of drug-likeness (QED) is 0.698. The Bertz CT molecular complexity index is 377. The lowest BCUT2D eigenvalue weighted by Gasteiger charge is -2.16. The summed E-state index contributed by atoms with van der Waals surface area (Å²) in [7, 11) is 0. The molecule has 1 aromatic carbocycles. The standard InChI is InChI=1S/C18H29NO/c1-16-11-7-5-3-2-4-6-10-14-20-18-13-9-8-12-17(18)19-15-16/h8-9,12-13,16,19H,2-7,10-11,14-15H2,1H3. The first-order valence-electron chi connectivity index (χ1n) is 8.32. The molecule has 0 fully saturated rings. The number of fused-ring (bicyclic) bond motifs is 1. The summed E-state index contributed by atoms with van der Waals surface area (Å²) in [5.41, 5.74) is 1.15. The minimum absolute atomic E-state index is 0.730. The van der Waals surface area contributed by atoms with Gasteiger partial charge in [0.2, 0.25) is 0 Å². The second-order valence-electron chi connectivity index (χ2n) is 6.09. The molecule has 1 aliphatic heterocycles. The van der Waals surface area contributed by atoms with Gasteiger partial charge in [0.15, 0.2) is 0 Å². The van der Waals surface area contributed by atoms with Crippen LogP contribution in [0.15, 0.2) is 24.3 Å². The molecule has 112 valence electrons. The molecule has 2 rings (SSSR count). The molecule has 1 aliphatic rings. The fraction of sp³-hybridized carbons (Fsp3) is 0.667. The van der Waals surface area contributed by atoms with Crippen molar-refractivity contribution >= 4 is 5.69 Å². The van der Waals surface area contributed by atoms with Gasteiger partial charge in [-0.05, 0) is 30.9 Å². The normalized spacial score (nSPS) is 22.6. The number of hydrogen-bond acceptors (Lipinski definition) is 2. The first kappa shape index (κ1) is 15.2. The number of benzene rings is 1. The summed E-state index contributed by atoms with van der Waals surface area (Å²) in [4.78, 5) is 0. The SMILES string of the molecule is CC1CCCCCCCCCOc2ccccc2NC1. The number of para-hydroxylation sites is 2. The lowest BCUT2D eigenvalue weighted by atomic mass is 10.0. The molecule has 1 N–H and O–H groups in total. The maximum absolute atomic E-state index is 5.94. The summed E-state index contributed by atoms with van der Waals surface area (Å²) in [6, 6.07) is 8.33. The van der Waals surface area contributed by atoms with Crippen LogP contribution in [0.25, 0.3) is 0 Å². The van der Waals surface area contributed by atoms with E-state index in [1.165, 1.54) is 51.4 Å². The van der Waals surface area contributed by atoms with Crippen LogP contribution in [0, 0.1) is 5.92 Å². The molecule has 1 heterocycles. The molecular weight excluding hydrogens is 246 g/mol. The van der Waals surface area contributed by atoms with Crippen molar-refractivity contribution in [1.29, 1.82) is 0 Å². The highest BCUT2D eigenvalue weighted by Crippen LogP contribution is 2.25. The number of nitrogens with one attached hydrogen (secondary N) is 1. The van der Waals surface area contributed by atoms with Crippen molar-refractivity contribution in [2.24, 2.45) is 5.92 Å². The molecule has 1 atom stereocenters. The van der Waals surface area contributed by atoms with Crippen molar-refractivity contribution in [3.63, 3.8) is 0 Å². The van der Waals surface area contributed by atoms with E-state index in [-0.39, 0.29) is 0 Å². The molecule has 0 saturated heterocycles. The third-order valence-corrected chi connectivity index (χ3v) is 4.13. The van der Waals surface area contributed by atoms with Crippen molar-refractivity contribution < 1.29 is 4.74 Å². The maximum Gasteiger partial charge on any atom is 0.142 e. The van der Waals surface area contributed by atoms with Crippen LogP contribution in [-0.4, -0.2) is 13.2 Å². The zero-order valence-corrected chi connectivity index (χ0v) is 12.9. The van der Waals surface area contributed by atoms with Gasteiger partial charge in [-0.2, -0.15) is 0 Å². The summed E-state index contributed by atoms with van der Waals surface area (Å²) < 4.78 is 5.94. The Balaban J connectivity index is 1.93. The lowest BCUT2D eigenvalue weighted by molar-refractivity contribution is 0.305. The highest BCUT2D eigenvalue weighted by atomic mass is 16.5. The van der Waals surface area contributed by atoms with E-state index < -0.39 is 0 Å². The highest BCUT2D eigenvalue weighted by molar-refractivity contribution is 5.56. The van der Waals surface area contributed by atoms with Crippen LogP contribution in [0.5, 0.6) is 5.75 Å². The minimum atomic E-state index is 0.730. The molecule has 0 radical (unpaired) electrons. The minimum Gasteiger partial charge on any atom is -0.491 e. The molecule has 1 aromatic rings. The number of rotatable bonds is 0. The first-order valence-corrected chi connectivity index (χ1v) is 8.32. The van der Waals surface area contributed by atoms with Crippen LogP contribution >= 0.6 is 0 Å². The molecule has 0 bridgehead atoms. The van der Waals surface area contributed by atoms with Crippen molar-refractivity contribution in [3.8, 4) is 5.75 Å². The van der Waals surface area contributed by atoms with Crippen LogP contribution < -0.4 is 10.1 Å². The predicted molar refractivity (Wildman–Crippen MR) is 86.5 cm³/mol. The van der Waals surface area contributed by atoms with Gasteiger partial charge in [-0.25, -0.2) is 0 Å². The van der Waals surface area contributed by atoms with E-state index in [0.29, 0.717) is 0 Å². The van der Waals surface area contributed by atoms with Gasteiger partial charge in [-0.1, -0.05) is 57.6 Å². The van der Waals surface area contributed by atoms with E-state index in [9.17, 15) is 0 Å². The van der Waals surface area contributed by atoms with Gasteiger partial charge >= 0.3 is 0 Å². The Kier molecular flexibility index (Phi) is 6.76. The Morgan fingerprint density at radius 3 is 2.50 bits per heavy atom. The van der Waals surface area contributed by atoms with E-state index in [4.69, 9.17) is 4.74 Å². The fourth-order valence-electron chi connectivity index (χ4n) is 2.79. The average molecular weight is 275 g/mol. The lowest BCUT2D eigenvalue weighted by Crippen LogP contribution is -2.12. The molecule has 0 spiro atoms. The first-order chi connectivity index (χ1) is 9.86. The monoisotopic (exact) mass is 275 g/mol. The predicted octanol–water partition coefficient (Wildman–Crippen LogP) is 5.25. The van der Waals surface area contributed by atoms with Gasteiger partial charge in [0.05, 0.1) is 12.3 Å². The van der Waals surface area contributed by atoms with E-state index in [1.807, 2.05) is 0 Å². The van der Waals surface area contributed by atoms with Gasteiger partial charge in [0, 0.05) is 6.54 Å². The molecule has 2 nitrogen and oxygen atoms in total. The largest absolute Gasteiger partial charge is 0.491 e. The second kappa shape index (κ2) is 8.89. The van der Waals surface area contributed by atoms with Crippen LogP contribution in [0.4, 0.5) is 5.69 Å². The Morgan fingerprint density at radius 1 is 0.950 bits per heavy atom. The fourth-order valence-corrected chi connectivity index (χ4v) is 2.79. The number of anilines is 1. The Labute approximate surface area is 123 Å². The Morgan fingerprint density at radius 2 is 1.65 bits per heavy atom. The summed E-state index contributed by atoms with van der Waals surface area (Å²) >= 11 is 0. The van der Waals surface area contributed by atoms with Gasteiger partial charge in [-0.15, -0.1) is 0 Å². The summed E-state index contributed by atoms with van der Waals surface area (Å²) in [6.45, 7) is 4.23.